The first-order valence-electron chi connectivity index (χ1n) is 6.41. The van der Waals surface area contributed by atoms with E-state index in [0.29, 0.717) is 0 Å². The number of fused-ring (bicyclic) bond motifs is 1. The fourth-order valence-electron chi connectivity index (χ4n) is 2.31. The van der Waals surface area contributed by atoms with Crippen molar-refractivity contribution in [1.29, 1.82) is 0 Å². The first kappa shape index (κ1) is 14.1. The molecule has 1 aliphatic carbocycles. The Labute approximate surface area is 117 Å². The Kier molecular flexibility index (Phi) is 4.40. The summed E-state index contributed by atoms with van der Waals surface area (Å²) < 4.78 is 9.21. The quantitative estimate of drug-likeness (QED) is 0.670. The molecule has 0 fully saturated rings. The molecule has 5 heteroatoms. The molecule has 106 valence electrons. The van der Waals surface area contributed by atoms with Crippen molar-refractivity contribution in [3.05, 3.63) is 41.1 Å². The Balaban J connectivity index is 2.29. The van der Waals surface area contributed by atoms with E-state index >= 15 is 0 Å². The highest BCUT2D eigenvalue weighted by Gasteiger charge is 2.18. The van der Waals surface area contributed by atoms with Gasteiger partial charge in [-0.25, -0.2) is 9.59 Å². The fraction of sp³-hybridized carbons (Fsp3) is 0.333. The summed E-state index contributed by atoms with van der Waals surface area (Å²) in [6, 6.07) is 5.90. The van der Waals surface area contributed by atoms with Crippen LogP contribution >= 0.6 is 0 Å². The van der Waals surface area contributed by atoms with E-state index in [1.807, 2.05) is 12.1 Å². The number of nitrogens with one attached hydrogen (secondary N) is 1. The van der Waals surface area contributed by atoms with Crippen molar-refractivity contribution in [3.8, 4) is 0 Å². The van der Waals surface area contributed by atoms with Crippen LogP contribution in [0.25, 0.3) is 0 Å². The van der Waals surface area contributed by atoms with E-state index in [4.69, 9.17) is 0 Å². The lowest BCUT2D eigenvalue weighted by Gasteiger charge is -2.12. The summed E-state index contributed by atoms with van der Waals surface area (Å²) in [6.07, 6.45) is 4.20. The van der Waals surface area contributed by atoms with Gasteiger partial charge in [0, 0.05) is 5.69 Å². The van der Waals surface area contributed by atoms with Crippen LogP contribution in [0.5, 0.6) is 0 Å². The Bertz CT molecular complexity index is 563. The predicted molar refractivity (Wildman–Crippen MR) is 74.2 cm³/mol. The highest BCUT2D eigenvalue weighted by molar-refractivity contribution is 5.98. The third-order valence-corrected chi connectivity index (χ3v) is 3.28. The minimum Gasteiger partial charge on any atom is -0.466 e. The van der Waals surface area contributed by atoms with Crippen molar-refractivity contribution in [1.82, 2.24) is 0 Å². The summed E-state index contributed by atoms with van der Waals surface area (Å²) in [5, 5.41) is 2.98. The van der Waals surface area contributed by atoms with Gasteiger partial charge < -0.3 is 14.8 Å². The van der Waals surface area contributed by atoms with Crippen molar-refractivity contribution >= 4 is 17.6 Å². The molecule has 5 nitrogen and oxygen atoms in total. The van der Waals surface area contributed by atoms with Crippen LogP contribution in [0.2, 0.25) is 0 Å². The maximum atomic E-state index is 11.7. The second kappa shape index (κ2) is 6.23. The number of rotatable bonds is 4. The zero-order valence-corrected chi connectivity index (χ0v) is 11.6. The summed E-state index contributed by atoms with van der Waals surface area (Å²) in [5.41, 5.74) is 3.37. The third kappa shape index (κ3) is 2.99. The zero-order valence-electron chi connectivity index (χ0n) is 11.6. The molecular formula is C15H17NO4. The van der Waals surface area contributed by atoms with Gasteiger partial charge in [-0.3, -0.25) is 0 Å². The standard InChI is InChI=1S/C15H17NO4/c1-19-14(17)9-13(15(18)20-2)16-12-8-4-6-10-5-3-7-11(10)12/h4,6,8-9,16H,3,5,7H2,1-2H3/b13-9+. The number of methoxy groups -OCH3 is 2. The molecule has 0 atom stereocenters. The second-order valence-electron chi connectivity index (χ2n) is 4.49. The average Bonchev–Trinajstić information content (AvgIpc) is 2.94. The number of carbonyl (C=O) groups excluding carboxylic acids is 2. The topological polar surface area (TPSA) is 64.6 Å². The average molecular weight is 275 g/mol. The Hall–Kier alpha value is -2.30. The number of aryl methyl sites for hydroxylation is 1. The van der Waals surface area contributed by atoms with Crippen LogP contribution in [0.3, 0.4) is 0 Å². The summed E-state index contributed by atoms with van der Waals surface area (Å²) in [6.45, 7) is 0. The van der Waals surface area contributed by atoms with Gasteiger partial charge in [-0.05, 0) is 36.5 Å². The van der Waals surface area contributed by atoms with Crippen LogP contribution in [0.1, 0.15) is 17.5 Å². The molecule has 0 saturated heterocycles. The van der Waals surface area contributed by atoms with Gasteiger partial charge in [0.15, 0.2) is 0 Å². The number of anilines is 1. The third-order valence-electron chi connectivity index (χ3n) is 3.28. The van der Waals surface area contributed by atoms with Crippen LogP contribution in [0, 0.1) is 0 Å². The van der Waals surface area contributed by atoms with Crippen molar-refractivity contribution < 1.29 is 19.1 Å². The van der Waals surface area contributed by atoms with Crippen LogP contribution in [0.4, 0.5) is 5.69 Å². The van der Waals surface area contributed by atoms with E-state index in [0.717, 1.165) is 31.0 Å². The second-order valence-corrected chi connectivity index (χ2v) is 4.49. The first-order valence-corrected chi connectivity index (χ1v) is 6.41. The monoisotopic (exact) mass is 275 g/mol. The molecule has 1 aromatic carbocycles. The molecule has 0 aromatic heterocycles. The normalized spacial score (nSPS) is 13.6. The molecule has 0 amide bonds. The largest absolute Gasteiger partial charge is 0.466 e. The molecule has 0 saturated carbocycles. The predicted octanol–water partition coefficient (Wildman–Crippen LogP) is 1.82. The van der Waals surface area contributed by atoms with Gasteiger partial charge in [0.25, 0.3) is 0 Å². The number of benzene rings is 1. The number of hydrogen-bond donors (Lipinski definition) is 1. The summed E-state index contributed by atoms with van der Waals surface area (Å²) in [4.78, 5) is 23.0. The number of hydrogen-bond acceptors (Lipinski definition) is 5. The molecule has 0 aliphatic heterocycles. The Morgan fingerprint density at radius 1 is 1.20 bits per heavy atom. The first-order chi connectivity index (χ1) is 9.65. The van der Waals surface area contributed by atoms with E-state index in [1.54, 1.807) is 0 Å². The molecule has 0 bridgehead atoms. The lowest BCUT2D eigenvalue weighted by atomic mass is 10.1. The fourth-order valence-corrected chi connectivity index (χ4v) is 2.31. The highest BCUT2D eigenvalue weighted by Crippen LogP contribution is 2.29. The van der Waals surface area contributed by atoms with Crippen molar-refractivity contribution in [2.45, 2.75) is 19.3 Å². The molecule has 0 unspecified atom stereocenters. The number of carbonyl (C=O) groups is 2. The molecule has 2 rings (SSSR count). The van der Waals surface area contributed by atoms with Gasteiger partial charge in [0.2, 0.25) is 0 Å². The molecule has 0 heterocycles. The number of esters is 2. The van der Waals surface area contributed by atoms with Crippen LogP contribution in [0.15, 0.2) is 30.0 Å². The summed E-state index contributed by atoms with van der Waals surface area (Å²) in [7, 11) is 2.53. The van der Waals surface area contributed by atoms with E-state index in [-0.39, 0.29) is 5.70 Å². The van der Waals surface area contributed by atoms with E-state index in [1.165, 1.54) is 25.3 Å². The molecule has 1 aromatic rings. The van der Waals surface area contributed by atoms with Gasteiger partial charge in [-0.15, -0.1) is 0 Å². The Morgan fingerprint density at radius 3 is 2.70 bits per heavy atom. The van der Waals surface area contributed by atoms with Gasteiger partial charge in [-0.1, -0.05) is 12.1 Å². The molecule has 0 radical (unpaired) electrons. The molecule has 1 N–H and O–H groups in total. The van der Waals surface area contributed by atoms with Gasteiger partial charge in [0.1, 0.15) is 5.70 Å². The molecular weight excluding hydrogens is 258 g/mol. The maximum Gasteiger partial charge on any atom is 0.354 e. The lowest BCUT2D eigenvalue weighted by molar-refractivity contribution is -0.138. The SMILES string of the molecule is COC(=O)/C=C(/Nc1cccc2c1CCC2)C(=O)OC. The van der Waals surface area contributed by atoms with Crippen LogP contribution in [-0.4, -0.2) is 26.2 Å². The van der Waals surface area contributed by atoms with Crippen molar-refractivity contribution in [2.75, 3.05) is 19.5 Å². The highest BCUT2D eigenvalue weighted by atomic mass is 16.5. The van der Waals surface area contributed by atoms with Gasteiger partial charge in [0.05, 0.1) is 20.3 Å². The maximum absolute atomic E-state index is 11.7. The number of ether oxygens (including phenoxy) is 2. The van der Waals surface area contributed by atoms with E-state index in [9.17, 15) is 9.59 Å². The minimum atomic E-state index is -0.606. The van der Waals surface area contributed by atoms with Gasteiger partial charge >= 0.3 is 11.9 Å². The molecule has 20 heavy (non-hydrogen) atoms. The minimum absolute atomic E-state index is 0.0691. The van der Waals surface area contributed by atoms with Crippen LogP contribution in [-0.2, 0) is 31.9 Å². The lowest BCUT2D eigenvalue weighted by Crippen LogP contribution is -2.16. The Morgan fingerprint density at radius 2 is 2.00 bits per heavy atom. The van der Waals surface area contributed by atoms with Gasteiger partial charge in [-0.2, -0.15) is 0 Å². The van der Waals surface area contributed by atoms with E-state index in [2.05, 4.69) is 20.9 Å². The summed E-state index contributed by atoms with van der Waals surface area (Å²) in [5.74, 6) is -1.21. The molecule has 0 spiro atoms. The van der Waals surface area contributed by atoms with Crippen molar-refractivity contribution in [2.24, 2.45) is 0 Å². The zero-order chi connectivity index (χ0) is 14.5. The smallest absolute Gasteiger partial charge is 0.354 e. The van der Waals surface area contributed by atoms with Crippen molar-refractivity contribution in [3.63, 3.8) is 0 Å². The molecule has 1 aliphatic rings. The summed E-state index contributed by atoms with van der Waals surface area (Å²) >= 11 is 0. The van der Waals surface area contributed by atoms with Crippen LogP contribution < -0.4 is 5.32 Å². The van der Waals surface area contributed by atoms with E-state index < -0.39 is 11.9 Å².